The van der Waals surface area contributed by atoms with Gasteiger partial charge in [0, 0.05) is 57.3 Å². The van der Waals surface area contributed by atoms with Crippen LogP contribution < -0.4 is 4.57 Å². The fourth-order valence-electron chi connectivity index (χ4n) is 8.93. The number of ether oxygens (including phenoxy) is 2. The number of fused-ring (bicyclic) bond motifs is 1. The van der Waals surface area contributed by atoms with E-state index in [1.165, 1.54) is 28.7 Å². The SMILES string of the molecule is C=C[C@]12C[C@@H](OC(=O)CSc3nc(-c4cc[n+](Cc5ccc(Br)cc5)cc4)cs3)[C@]3(C)[C@H](C)CC[C@]4(CCC(=O)[C@H]43)[C@@H](C)[C@@H]1O2. The lowest BCUT2D eigenvalue weighted by atomic mass is 9.45. The summed E-state index contributed by atoms with van der Waals surface area (Å²) in [6.45, 7) is 11.7. The van der Waals surface area contributed by atoms with Crippen molar-refractivity contribution in [3.8, 4) is 11.3 Å². The summed E-state index contributed by atoms with van der Waals surface area (Å²) in [4.78, 5) is 31.9. The molecule has 9 heteroatoms. The third-order valence-electron chi connectivity index (χ3n) is 11.7. The van der Waals surface area contributed by atoms with Crippen molar-refractivity contribution < 1.29 is 23.6 Å². The second-order valence-corrected chi connectivity index (χ2v) is 16.8. The summed E-state index contributed by atoms with van der Waals surface area (Å²) in [5, 5.41) is 2.03. The van der Waals surface area contributed by atoms with Crippen LogP contribution in [-0.2, 0) is 25.6 Å². The number of carbonyl (C=O) groups excluding carboxylic acids is 2. The van der Waals surface area contributed by atoms with E-state index in [-0.39, 0.29) is 41.0 Å². The number of thiazole rings is 1. The van der Waals surface area contributed by atoms with Gasteiger partial charge in [0.05, 0.1) is 17.6 Å². The number of thioether (sulfide) groups is 1. The number of carbonyl (C=O) groups is 2. The molecule has 0 N–H and O–H groups in total. The Labute approximate surface area is 282 Å². The Morgan fingerprint density at radius 1 is 1.22 bits per heavy atom. The van der Waals surface area contributed by atoms with E-state index in [9.17, 15) is 9.59 Å². The van der Waals surface area contributed by atoms with Gasteiger partial charge in [-0.15, -0.1) is 17.9 Å². The topological polar surface area (TPSA) is 72.7 Å². The highest BCUT2D eigenvalue weighted by molar-refractivity contribution is 9.10. The Hall–Kier alpha value is -2.33. The van der Waals surface area contributed by atoms with Crippen LogP contribution in [0, 0.1) is 28.6 Å². The van der Waals surface area contributed by atoms with E-state index in [0.717, 1.165) is 45.9 Å². The van der Waals surface area contributed by atoms with Gasteiger partial charge in [0.1, 0.15) is 17.5 Å². The van der Waals surface area contributed by atoms with E-state index in [2.05, 4.69) is 96.6 Å². The Morgan fingerprint density at radius 3 is 2.71 bits per heavy atom. The van der Waals surface area contributed by atoms with Crippen molar-refractivity contribution in [2.24, 2.45) is 28.6 Å². The van der Waals surface area contributed by atoms with Gasteiger partial charge in [-0.05, 0) is 48.6 Å². The van der Waals surface area contributed by atoms with Crippen LogP contribution in [0.5, 0.6) is 0 Å². The molecule has 3 aromatic rings. The number of benzene rings is 1. The van der Waals surface area contributed by atoms with E-state index in [4.69, 9.17) is 14.5 Å². The molecule has 3 aliphatic carbocycles. The predicted molar refractivity (Wildman–Crippen MR) is 180 cm³/mol. The van der Waals surface area contributed by atoms with Gasteiger partial charge in [-0.25, -0.2) is 9.55 Å². The summed E-state index contributed by atoms with van der Waals surface area (Å²) in [5.41, 5.74) is 2.13. The van der Waals surface area contributed by atoms with Crippen LogP contribution in [0.1, 0.15) is 58.4 Å². The molecule has 2 aromatic heterocycles. The van der Waals surface area contributed by atoms with Gasteiger partial charge in [-0.1, -0.05) is 66.7 Å². The average Bonchev–Trinajstić information content (AvgIpc) is 3.34. The number of hydrogen-bond donors (Lipinski definition) is 0. The molecule has 6 nitrogen and oxygen atoms in total. The first-order valence-corrected chi connectivity index (χ1v) is 18.6. The molecule has 7 rings (SSSR count). The maximum Gasteiger partial charge on any atom is 0.316 e. The van der Waals surface area contributed by atoms with Crippen LogP contribution in [0.2, 0.25) is 0 Å². The summed E-state index contributed by atoms with van der Waals surface area (Å²) < 4.78 is 16.9. The highest BCUT2D eigenvalue weighted by Crippen LogP contribution is 2.70. The number of halogens is 1. The Kier molecular flexibility index (Phi) is 8.15. The summed E-state index contributed by atoms with van der Waals surface area (Å²) in [6, 6.07) is 12.5. The largest absolute Gasteiger partial charge is 0.461 e. The molecule has 45 heavy (non-hydrogen) atoms. The quantitative estimate of drug-likeness (QED) is 0.0787. The molecule has 0 amide bonds. The maximum absolute atomic E-state index is 13.6. The molecule has 4 aliphatic rings. The molecular formula is C36H40BrN2O4S2+. The molecule has 3 saturated carbocycles. The van der Waals surface area contributed by atoms with Gasteiger partial charge in [-0.3, -0.25) is 9.59 Å². The smallest absolute Gasteiger partial charge is 0.316 e. The number of rotatable bonds is 8. The molecule has 1 aromatic carbocycles. The zero-order chi connectivity index (χ0) is 31.6. The van der Waals surface area contributed by atoms with Crippen molar-refractivity contribution in [3.05, 3.63) is 76.9 Å². The summed E-state index contributed by atoms with van der Waals surface area (Å²) >= 11 is 6.44. The summed E-state index contributed by atoms with van der Waals surface area (Å²) in [7, 11) is 0. The van der Waals surface area contributed by atoms with Gasteiger partial charge >= 0.3 is 5.97 Å². The van der Waals surface area contributed by atoms with Crippen molar-refractivity contribution in [2.75, 3.05) is 5.75 Å². The van der Waals surface area contributed by atoms with Gasteiger partial charge < -0.3 is 9.47 Å². The Bertz CT molecular complexity index is 1630. The van der Waals surface area contributed by atoms with Crippen LogP contribution >= 0.6 is 39.0 Å². The molecule has 0 unspecified atom stereocenters. The van der Waals surface area contributed by atoms with Crippen LogP contribution in [0.4, 0.5) is 0 Å². The molecule has 1 aliphatic heterocycles. The molecule has 236 valence electrons. The minimum Gasteiger partial charge on any atom is -0.461 e. The molecule has 3 heterocycles. The Balaban J connectivity index is 1.04. The number of Topliss-reactive ketones (excluding diaryl/α,β-unsaturated/α-hetero) is 1. The van der Waals surface area contributed by atoms with Crippen molar-refractivity contribution in [1.82, 2.24) is 4.98 Å². The van der Waals surface area contributed by atoms with E-state index in [1.807, 2.05) is 11.5 Å². The number of aromatic nitrogens is 2. The average molecular weight is 709 g/mol. The number of nitrogens with zero attached hydrogens (tertiary/aromatic N) is 2. The monoisotopic (exact) mass is 707 g/mol. The standard InChI is InChI=1S/C36H40BrN2O4S2/c1-5-36-18-29(34(4)22(2)10-14-35(23(3)32(36)43-36)15-11-28(40)31(34)35)42-30(41)21-45-33-38-27(20-44-33)25-12-16-39(17-13-25)19-24-6-8-26(37)9-7-24/h5-9,12-13,16-17,20,22-23,29,31-32H,1,10-11,14-15,18-19,21H2,2-4H3/q+1/t22-,23+,29-,31+,32+,34+,35+,36+/m1/s1. The van der Waals surface area contributed by atoms with Gasteiger partial charge in [0.2, 0.25) is 0 Å². The minimum atomic E-state index is -0.490. The van der Waals surface area contributed by atoms with E-state index in [1.54, 1.807) is 0 Å². The lowest BCUT2D eigenvalue weighted by molar-refractivity contribution is -0.688. The van der Waals surface area contributed by atoms with E-state index >= 15 is 0 Å². The normalized spacial score (nSPS) is 35.1. The summed E-state index contributed by atoms with van der Waals surface area (Å²) in [5.74, 6) is 0.659. The van der Waals surface area contributed by atoms with Crippen LogP contribution in [0.25, 0.3) is 11.3 Å². The second-order valence-electron chi connectivity index (χ2n) is 13.8. The molecule has 2 bridgehead atoms. The first kappa shape index (κ1) is 31.3. The zero-order valence-corrected chi connectivity index (χ0v) is 29.3. The van der Waals surface area contributed by atoms with Crippen molar-refractivity contribution in [3.63, 3.8) is 0 Å². The fraction of sp³-hybridized carbons (Fsp3) is 0.500. The zero-order valence-electron chi connectivity index (χ0n) is 26.0. The summed E-state index contributed by atoms with van der Waals surface area (Å²) in [6.07, 6.45) is 9.81. The van der Waals surface area contributed by atoms with Gasteiger partial charge in [-0.2, -0.15) is 0 Å². The third kappa shape index (κ3) is 5.35. The van der Waals surface area contributed by atoms with Crippen molar-refractivity contribution in [2.45, 2.75) is 81.6 Å². The molecule has 0 spiro atoms. The van der Waals surface area contributed by atoms with Crippen molar-refractivity contribution >= 4 is 50.8 Å². The van der Waals surface area contributed by atoms with E-state index in [0.29, 0.717) is 18.6 Å². The first-order valence-electron chi connectivity index (χ1n) is 15.9. The van der Waals surface area contributed by atoms with Crippen molar-refractivity contribution in [1.29, 1.82) is 0 Å². The lowest BCUT2D eigenvalue weighted by Crippen LogP contribution is -2.60. The predicted octanol–water partition coefficient (Wildman–Crippen LogP) is 7.68. The van der Waals surface area contributed by atoms with Crippen LogP contribution in [-0.4, -0.2) is 40.3 Å². The highest BCUT2D eigenvalue weighted by Gasteiger charge is 2.73. The minimum absolute atomic E-state index is 0.0268. The van der Waals surface area contributed by atoms with E-state index < -0.39 is 17.1 Å². The number of ketones is 1. The third-order valence-corrected chi connectivity index (χ3v) is 14.2. The molecule has 8 atom stereocenters. The number of pyridine rings is 1. The molecule has 0 radical (unpaired) electrons. The van der Waals surface area contributed by atoms with Crippen LogP contribution in [0.15, 0.2) is 75.6 Å². The number of epoxide rings is 1. The fourth-order valence-corrected chi connectivity index (χ4v) is 10.8. The Morgan fingerprint density at radius 2 is 1.98 bits per heavy atom. The maximum atomic E-state index is 13.6. The lowest BCUT2D eigenvalue weighted by Gasteiger charge is -2.58. The number of esters is 1. The first-order chi connectivity index (χ1) is 21.6. The molecule has 1 saturated heterocycles. The molecular weight excluding hydrogens is 668 g/mol. The highest BCUT2D eigenvalue weighted by atomic mass is 79.9. The van der Waals surface area contributed by atoms with Gasteiger partial charge in [0.15, 0.2) is 23.3 Å². The number of hydrogen-bond acceptors (Lipinski definition) is 7. The second kappa shape index (κ2) is 11.7. The molecule has 4 fully saturated rings. The van der Waals surface area contributed by atoms with Crippen LogP contribution in [0.3, 0.4) is 0 Å². The van der Waals surface area contributed by atoms with Gasteiger partial charge in [0.25, 0.3) is 0 Å².